The fourth-order valence-electron chi connectivity index (χ4n) is 8.83. The molecule has 0 bridgehead atoms. The maximum absolute atomic E-state index is 12.4. The second-order valence-electron chi connectivity index (χ2n) is 15.4. The minimum Gasteiger partial charge on any atom is -0.376 e. The van der Waals surface area contributed by atoms with Crippen LogP contribution in [-0.4, -0.2) is 10.2 Å². The summed E-state index contributed by atoms with van der Waals surface area (Å²) >= 11 is 14.1. The van der Waals surface area contributed by atoms with Crippen LogP contribution in [0.15, 0.2) is 200 Å². The van der Waals surface area contributed by atoms with Crippen LogP contribution in [0, 0.1) is 13.8 Å². The third-order valence-electron chi connectivity index (χ3n) is 11.6. The first-order valence-electron chi connectivity index (χ1n) is 19.6. The van der Waals surface area contributed by atoms with Crippen molar-refractivity contribution in [1.82, 2.24) is 0 Å². The summed E-state index contributed by atoms with van der Waals surface area (Å²) in [5.41, 5.74) is 8.84. The number of hydrogen-bond donors (Lipinski definition) is 2. The van der Waals surface area contributed by atoms with Crippen LogP contribution in [0.3, 0.4) is 0 Å². The Labute approximate surface area is 384 Å². The minimum atomic E-state index is -1.39. The molecule has 0 spiro atoms. The lowest BCUT2D eigenvalue weighted by Gasteiger charge is -2.45. The molecular weight excluding hydrogens is 1000 g/mol. The molecule has 0 aliphatic heterocycles. The van der Waals surface area contributed by atoms with E-state index >= 15 is 0 Å². The van der Waals surface area contributed by atoms with Crippen molar-refractivity contribution >= 4 is 85.3 Å². The molecule has 9 aromatic carbocycles. The van der Waals surface area contributed by atoms with Gasteiger partial charge in [0.15, 0.2) is 0 Å². The maximum Gasteiger partial charge on any atom is 0.141 e. The highest BCUT2D eigenvalue weighted by molar-refractivity contribution is 9.11. The van der Waals surface area contributed by atoms with E-state index in [0.717, 1.165) is 34.6 Å². The second kappa shape index (κ2) is 16.3. The zero-order chi connectivity index (χ0) is 41.8. The van der Waals surface area contributed by atoms with Crippen LogP contribution < -0.4 is 0 Å². The van der Waals surface area contributed by atoms with Crippen molar-refractivity contribution in [3.05, 3.63) is 244 Å². The molecule has 2 unspecified atom stereocenters. The van der Waals surface area contributed by atoms with Gasteiger partial charge in [-0.05, 0) is 140 Å². The van der Waals surface area contributed by atoms with Crippen molar-refractivity contribution in [2.75, 3.05) is 0 Å². The van der Waals surface area contributed by atoms with Gasteiger partial charge in [0.1, 0.15) is 11.2 Å². The van der Waals surface area contributed by atoms with Gasteiger partial charge < -0.3 is 10.2 Å². The van der Waals surface area contributed by atoms with Crippen LogP contribution in [0.4, 0.5) is 0 Å². The van der Waals surface area contributed by atoms with E-state index in [2.05, 4.69) is 162 Å². The zero-order valence-corrected chi connectivity index (χ0v) is 39.1. The number of aliphatic hydroxyl groups is 2. The Morgan fingerprint density at radius 2 is 0.683 bits per heavy atom. The molecule has 0 saturated heterocycles. The smallest absolute Gasteiger partial charge is 0.141 e. The molecule has 2 N–H and O–H groups in total. The van der Waals surface area contributed by atoms with E-state index in [1.165, 1.54) is 49.4 Å². The highest BCUT2D eigenvalue weighted by Gasteiger charge is 2.50. The van der Waals surface area contributed by atoms with Gasteiger partial charge in [0, 0.05) is 17.9 Å². The fraction of sp³-hybridized carbons (Fsp3) is 0.0741. The van der Waals surface area contributed by atoms with E-state index in [-0.39, 0.29) is 0 Å². The molecule has 60 heavy (non-hydrogen) atoms. The molecule has 0 heterocycles. The van der Waals surface area contributed by atoms with Crippen molar-refractivity contribution in [3.63, 3.8) is 0 Å². The van der Waals surface area contributed by atoms with Crippen LogP contribution in [0.2, 0.25) is 0 Å². The SMILES string of the molecule is Cc1ccc2c(-c3ccc(Br)cc3)c3ccccc3c(-c3ccc(Br)cc3)c2c1.Cc1ccc2c(c1)C(O)(c1ccc(Br)cc1)c1ccccc1C2(O)c1ccc(Br)cc1. The monoisotopic (exact) mass is 1030 g/mol. The standard InChI is InChI=1S/C27H20Br2O2.C27H18Br2/c1-17-6-15-24-25(16-17)27(31,19-9-13-21(29)14-10-19)23-5-3-2-4-22(23)26(24,30)18-7-11-20(28)12-8-18;1-17-6-15-24-25(16-17)27(19-9-13-21(29)14-10-19)23-5-3-2-4-22(23)26(24)18-7-11-20(28)12-8-18/h2-16,30-31H,1H3;2-16H,1H3. The van der Waals surface area contributed by atoms with E-state index in [1.807, 2.05) is 97.9 Å². The number of hydrogen-bond acceptors (Lipinski definition) is 2. The van der Waals surface area contributed by atoms with Gasteiger partial charge in [-0.15, -0.1) is 0 Å². The highest BCUT2D eigenvalue weighted by atomic mass is 79.9. The van der Waals surface area contributed by atoms with Crippen molar-refractivity contribution in [3.8, 4) is 22.3 Å². The van der Waals surface area contributed by atoms with Gasteiger partial charge in [0.25, 0.3) is 0 Å². The summed E-state index contributed by atoms with van der Waals surface area (Å²) in [4.78, 5) is 0. The lowest BCUT2D eigenvalue weighted by molar-refractivity contribution is 0.0747. The lowest BCUT2D eigenvalue weighted by atomic mass is 9.63. The van der Waals surface area contributed by atoms with Gasteiger partial charge in [-0.25, -0.2) is 0 Å². The third-order valence-corrected chi connectivity index (χ3v) is 13.7. The zero-order valence-electron chi connectivity index (χ0n) is 32.7. The van der Waals surface area contributed by atoms with Crippen molar-refractivity contribution in [2.24, 2.45) is 0 Å². The maximum atomic E-state index is 12.4. The first-order chi connectivity index (χ1) is 29.0. The van der Waals surface area contributed by atoms with Gasteiger partial charge in [-0.3, -0.25) is 0 Å². The average molecular weight is 1040 g/mol. The summed E-state index contributed by atoms with van der Waals surface area (Å²) in [5, 5.41) is 29.8. The number of benzene rings is 9. The molecule has 10 rings (SSSR count). The predicted octanol–water partition coefficient (Wildman–Crippen LogP) is 15.6. The summed E-state index contributed by atoms with van der Waals surface area (Å²) in [6, 6.07) is 61.8. The topological polar surface area (TPSA) is 40.5 Å². The molecule has 294 valence electrons. The van der Waals surface area contributed by atoms with E-state index in [9.17, 15) is 10.2 Å². The summed E-state index contributed by atoms with van der Waals surface area (Å²) in [6.45, 7) is 4.17. The lowest BCUT2D eigenvalue weighted by Crippen LogP contribution is -2.44. The molecule has 0 amide bonds. The Morgan fingerprint density at radius 1 is 0.333 bits per heavy atom. The van der Waals surface area contributed by atoms with Crippen molar-refractivity contribution < 1.29 is 10.2 Å². The Hall–Kier alpha value is -4.66. The predicted molar refractivity (Wildman–Crippen MR) is 263 cm³/mol. The van der Waals surface area contributed by atoms with E-state index < -0.39 is 11.2 Å². The van der Waals surface area contributed by atoms with Gasteiger partial charge in [-0.1, -0.05) is 208 Å². The Bertz CT molecular complexity index is 3050. The molecule has 6 heteroatoms. The summed E-state index contributed by atoms with van der Waals surface area (Å²) in [6.07, 6.45) is 0. The first-order valence-corrected chi connectivity index (χ1v) is 22.8. The number of halogens is 4. The largest absolute Gasteiger partial charge is 0.376 e. The van der Waals surface area contributed by atoms with Gasteiger partial charge in [-0.2, -0.15) is 0 Å². The number of rotatable bonds is 4. The Morgan fingerprint density at radius 3 is 1.17 bits per heavy atom. The van der Waals surface area contributed by atoms with E-state index in [0.29, 0.717) is 22.3 Å². The molecule has 2 nitrogen and oxygen atoms in total. The Kier molecular flexibility index (Phi) is 11.1. The summed E-state index contributed by atoms with van der Waals surface area (Å²) in [7, 11) is 0. The molecule has 0 aromatic heterocycles. The van der Waals surface area contributed by atoms with Crippen molar-refractivity contribution in [2.45, 2.75) is 25.0 Å². The first kappa shape index (κ1) is 40.7. The quantitative estimate of drug-likeness (QED) is 0.173. The number of fused-ring (bicyclic) bond motifs is 4. The van der Waals surface area contributed by atoms with Crippen molar-refractivity contribution in [1.29, 1.82) is 0 Å². The van der Waals surface area contributed by atoms with Gasteiger partial charge in [0.05, 0.1) is 0 Å². The third kappa shape index (κ3) is 7.11. The molecule has 1 aliphatic carbocycles. The summed E-state index contributed by atoms with van der Waals surface area (Å²) in [5.74, 6) is 0. The minimum absolute atomic E-state index is 0.680. The van der Waals surface area contributed by atoms with E-state index in [4.69, 9.17) is 0 Å². The fourth-order valence-corrected chi connectivity index (χ4v) is 9.89. The molecule has 9 aromatic rings. The molecule has 1 aliphatic rings. The molecule has 0 fully saturated rings. The number of aryl methyl sites for hydroxylation is 2. The molecular formula is C54H38Br4O2. The molecule has 2 atom stereocenters. The molecule has 0 radical (unpaired) electrons. The van der Waals surface area contributed by atoms with Crippen LogP contribution in [-0.2, 0) is 11.2 Å². The normalized spacial score (nSPS) is 16.8. The van der Waals surface area contributed by atoms with E-state index in [1.54, 1.807) is 0 Å². The Balaban J connectivity index is 0.000000154. The van der Waals surface area contributed by atoms with Gasteiger partial charge >= 0.3 is 0 Å². The van der Waals surface area contributed by atoms with Gasteiger partial charge in [0.2, 0.25) is 0 Å². The molecule has 0 saturated carbocycles. The second-order valence-corrected chi connectivity index (χ2v) is 19.1. The average Bonchev–Trinajstić information content (AvgIpc) is 3.26. The summed E-state index contributed by atoms with van der Waals surface area (Å²) < 4.78 is 4.08. The van der Waals surface area contributed by atoms with Crippen LogP contribution >= 0.6 is 63.7 Å². The highest BCUT2D eigenvalue weighted by Crippen LogP contribution is 2.53. The van der Waals surface area contributed by atoms with Crippen LogP contribution in [0.5, 0.6) is 0 Å². The van der Waals surface area contributed by atoms with Crippen LogP contribution in [0.1, 0.15) is 44.5 Å². The van der Waals surface area contributed by atoms with Crippen LogP contribution in [0.25, 0.3) is 43.8 Å².